The molecule has 0 aliphatic heterocycles. The number of benzene rings is 1. The Labute approximate surface area is 107 Å². The fraction of sp³-hybridized carbons (Fsp3) is 0.455. The predicted octanol–water partition coefficient (Wildman–Crippen LogP) is 2.60. The average Bonchev–Trinajstić information content (AvgIpc) is 2.22. The predicted molar refractivity (Wildman–Crippen MR) is 70.2 cm³/mol. The lowest BCUT2D eigenvalue weighted by Crippen LogP contribution is -2.11. The summed E-state index contributed by atoms with van der Waals surface area (Å²) in [5.74, 6) is 0.208. The van der Waals surface area contributed by atoms with E-state index in [0.29, 0.717) is 17.1 Å². The highest BCUT2D eigenvalue weighted by Crippen LogP contribution is 2.28. The quantitative estimate of drug-likeness (QED) is 0.716. The van der Waals surface area contributed by atoms with Crippen molar-refractivity contribution in [2.75, 3.05) is 6.54 Å². The summed E-state index contributed by atoms with van der Waals surface area (Å²) in [5.41, 5.74) is 12.1. The Hall–Kier alpha value is -0.480. The van der Waals surface area contributed by atoms with Crippen molar-refractivity contribution >= 4 is 24.0 Å². The van der Waals surface area contributed by atoms with Gasteiger partial charge in [-0.25, -0.2) is 0 Å². The Balaban J connectivity index is 0.00000225. The maximum Gasteiger partial charge on any atom is 0.120 e. The molecule has 1 aromatic carbocycles. The molecule has 1 atom stereocenters. The van der Waals surface area contributed by atoms with Crippen molar-refractivity contribution in [3.05, 3.63) is 28.8 Å². The lowest BCUT2D eigenvalue weighted by Gasteiger charge is -2.13. The highest BCUT2D eigenvalue weighted by atomic mass is 35.5. The minimum atomic E-state index is -0.171. The Bertz CT molecular complexity index is 321. The van der Waals surface area contributed by atoms with E-state index in [1.807, 2.05) is 0 Å². The maximum atomic E-state index is 9.60. The van der Waals surface area contributed by atoms with E-state index in [1.165, 1.54) is 0 Å². The van der Waals surface area contributed by atoms with Crippen LogP contribution in [-0.2, 0) is 0 Å². The molecular weight excluding hydrogens is 247 g/mol. The fourth-order valence-corrected chi connectivity index (χ4v) is 1.67. The first-order chi connectivity index (χ1) is 7.15. The van der Waals surface area contributed by atoms with Gasteiger partial charge >= 0.3 is 0 Å². The van der Waals surface area contributed by atoms with E-state index in [1.54, 1.807) is 18.2 Å². The van der Waals surface area contributed by atoms with Gasteiger partial charge in [0.15, 0.2) is 0 Å². The van der Waals surface area contributed by atoms with E-state index < -0.39 is 0 Å². The molecule has 5 heteroatoms. The Morgan fingerprint density at radius 3 is 2.62 bits per heavy atom. The second kappa shape index (κ2) is 7.74. The van der Waals surface area contributed by atoms with Gasteiger partial charge < -0.3 is 16.6 Å². The number of halogens is 2. The van der Waals surface area contributed by atoms with Crippen molar-refractivity contribution in [2.24, 2.45) is 11.5 Å². The van der Waals surface area contributed by atoms with Gasteiger partial charge in [-0.15, -0.1) is 12.4 Å². The van der Waals surface area contributed by atoms with Gasteiger partial charge in [0.05, 0.1) is 0 Å². The lowest BCUT2D eigenvalue weighted by molar-refractivity contribution is 0.456. The van der Waals surface area contributed by atoms with Crippen molar-refractivity contribution in [3.63, 3.8) is 0 Å². The Morgan fingerprint density at radius 1 is 1.31 bits per heavy atom. The number of aromatic hydroxyl groups is 1. The molecule has 5 N–H and O–H groups in total. The van der Waals surface area contributed by atoms with E-state index in [4.69, 9.17) is 23.1 Å². The fourth-order valence-electron chi connectivity index (χ4n) is 1.49. The number of phenols is 1. The van der Waals surface area contributed by atoms with Gasteiger partial charge in [0.1, 0.15) is 5.75 Å². The van der Waals surface area contributed by atoms with Crippen molar-refractivity contribution in [3.8, 4) is 5.75 Å². The smallest absolute Gasteiger partial charge is 0.120 e. The number of hydrogen-bond donors (Lipinski definition) is 3. The first-order valence-electron chi connectivity index (χ1n) is 5.09. The van der Waals surface area contributed by atoms with Gasteiger partial charge in [0.2, 0.25) is 0 Å². The summed E-state index contributed by atoms with van der Waals surface area (Å²) in [5, 5.41) is 10.2. The molecule has 3 nitrogen and oxygen atoms in total. The van der Waals surface area contributed by atoms with Crippen LogP contribution in [-0.4, -0.2) is 11.7 Å². The lowest BCUT2D eigenvalue weighted by atomic mass is 10.0. The van der Waals surface area contributed by atoms with Gasteiger partial charge in [-0.3, -0.25) is 0 Å². The third-order valence-electron chi connectivity index (χ3n) is 2.36. The first kappa shape index (κ1) is 15.5. The van der Waals surface area contributed by atoms with Crippen LogP contribution < -0.4 is 11.5 Å². The third kappa shape index (κ3) is 4.58. The summed E-state index contributed by atoms with van der Waals surface area (Å²) in [6.07, 6.45) is 2.73. The van der Waals surface area contributed by atoms with E-state index in [-0.39, 0.29) is 24.2 Å². The second-order valence-corrected chi connectivity index (χ2v) is 4.03. The SMILES string of the molecule is Cl.NCCCC[C@@H](N)c1cc(Cl)ccc1O. The molecule has 0 aliphatic rings. The topological polar surface area (TPSA) is 72.3 Å². The summed E-state index contributed by atoms with van der Waals surface area (Å²) < 4.78 is 0. The molecule has 0 saturated heterocycles. The van der Waals surface area contributed by atoms with Crippen LogP contribution in [0.3, 0.4) is 0 Å². The van der Waals surface area contributed by atoms with Crippen LogP contribution >= 0.6 is 24.0 Å². The van der Waals surface area contributed by atoms with Gasteiger partial charge in [-0.2, -0.15) is 0 Å². The van der Waals surface area contributed by atoms with Gasteiger partial charge in [-0.1, -0.05) is 18.0 Å². The molecule has 0 aromatic heterocycles. The van der Waals surface area contributed by atoms with Crippen LogP contribution in [0.2, 0.25) is 5.02 Å². The standard InChI is InChI=1S/C11H17ClN2O.ClH/c12-8-4-5-11(15)9(7-8)10(14)3-1-2-6-13;/h4-5,7,10,15H,1-3,6,13-14H2;1H/t10-;/m1./s1. The molecular formula is C11H18Cl2N2O. The van der Waals surface area contributed by atoms with Crippen molar-refractivity contribution in [1.29, 1.82) is 0 Å². The highest BCUT2D eigenvalue weighted by Gasteiger charge is 2.10. The number of rotatable bonds is 5. The van der Waals surface area contributed by atoms with Crippen LogP contribution in [0.15, 0.2) is 18.2 Å². The molecule has 16 heavy (non-hydrogen) atoms. The molecule has 1 aromatic rings. The zero-order valence-corrected chi connectivity index (χ0v) is 10.6. The summed E-state index contributed by atoms with van der Waals surface area (Å²) in [7, 11) is 0. The maximum absolute atomic E-state index is 9.60. The molecule has 0 spiro atoms. The van der Waals surface area contributed by atoms with Crippen molar-refractivity contribution < 1.29 is 5.11 Å². The number of hydrogen-bond acceptors (Lipinski definition) is 3. The van der Waals surface area contributed by atoms with E-state index in [9.17, 15) is 5.11 Å². The minimum Gasteiger partial charge on any atom is -0.508 e. The largest absolute Gasteiger partial charge is 0.508 e. The van der Waals surface area contributed by atoms with E-state index in [0.717, 1.165) is 19.3 Å². The molecule has 0 amide bonds. The van der Waals surface area contributed by atoms with E-state index in [2.05, 4.69) is 0 Å². The van der Waals surface area contributed by atoms with Crippen LogP contribution in [0.25, 0.3) is 0 Å². The minimum absolute atomic E-state index is 0. The van der Waals surface area contributed by atoms with E-state index >= 15 is 0 Å². The molecule has 0 bridgehead atoms. The van der Waals surface area contributed by atoms with Crippen molar-refractivity contribution in [2.45, 2.75) is 25.3 Å². The van der Waals surface area contributed by atoms with Crippen molar-refractivity contribution in [1.82, 2.24) is 0 Å². The molecule has 92 valence electrons. The normalized spacial score (nSPS) is 11.9. The molecule has 0 unspecified atom stereocenters. The monoisotopic (exact) mass is 264 g/mol. The van der Waals surface area contributed by atoms with Crippen LogP contribution in [0.4, 0.5) is 0 Å². The molecule has 1 rings (SSSR count). The zero-order valence-electron chi connectivity index (χ0n) is 9.03. The summed E-state index contributed by atoms with van der Waals surface area (Å²) in [6, 6.07) is 4.76. The van der Waals surface area contributed by atoms with Gasteiger partial charge in [0.25, 0.3) is 0 Å². The van der Waals surface area contributed by atoms with Gasteiger partial charge in [-0.05, 0) is 37.6 Å². The van der Waals surface area contributed by atoms with Crippen LogP contribution in [0.5, 0.6) is 5.75 Å². The van der Waals surface area contributed by atoms with Gasteiger partial charge in [0, 0.05) is 16.6 Å². The molecule has 0 aliphatic carbocycles. The second-order valence-electron chi connectivity index (χ2n) is 3.59. The van der Waals surface area contributed by atoms with Crippen LogP contribution in [0.1, 0.15) is 30.9 Å². The number of phenolic OH excluding ortho intramolecular Hbond substituents is 1. The highest BCUT2D eigenvalue weighted by molar-refractivity contribution is 6.30. The molecule has 0 heterocycles. The summed E-state index contributed by atoms with van der Waals surface area (Å²) >= 11 is 5.84. The summed E-state index contributed by atoms with van der Waals surface area (Å²) in [6.45, 7) is 0.675. The average molecular weight is 265 g/mol. The Kier molecular flexibility index (Phi) is 7.51. The number of unbranched alkanes of at least 4 members (excludes halogenated alkanes) is 1. The molecule has 0 fully saturated rings. The number of nitrogens with two attached hydrogens (primary N) is 2. The van der Waals surface area contributed by atoms with Crippen LogP contribution in [0, 0.1) is 0 Å². The third-order valence-corrected chi connectivity index (χ3v) is 2.59. The molecule has 0 radical (unpaired) electrons. The zero-order chi connectivity index (χ0) is 11.3. The first-order valence-corrected chi connectivity index (χ1v) is 5.47. The Morgan fingerprint density at radius 2 is 2.00 bits per heavy atom. The summed E-state index contributed by atoms with van der Waals surface area (Å²) in [4.78, 5) is 0. The molecule has 0 saturated carbocycles.